The van der Waals surface area contributed by atoms with Crippen LogP contribution in [-0.4, -0.2) is 85.9 Å². The van der Waals surface area contributed by atoms with Crippen molar-refractivity contribution < 1.29 is 13.9 Å². The number of nitrogens with one attached hydrogen (secondary N) is 3. The van der Waals surface area contributed by atoms with Crippen LogP contribution in [0.4, 0.5) is 10.1 Å². The summed E-state index contributed by atoms with van der Waals surface area (Å²) in [7, 11) is 5.35. The molecule has 0 spiro atoms. The van der Waals surface area contributed by atoms with Crippen LogP contribution in [0.15, 0.2) is 82.7 Å². The van der Waals surface area contributed by atoms with E-state index in [1.165, 1.54) is 6.26 Å². The molecule has 0 atom stereocenters. The zero-order valence-corrected chi connectivity index (χ0v) is 25.6. The van der Waals surface area contributed by atoms with Gasteiger partial charge in [0.15, 0.2) is 0 Å². The normalized spacial score (nSPS) is 15.2. The van der Waals surface area contributed by atoms with E-state index in [2.05, 4.69) is 42.4 Å². The summed E-state index contributed by atoms with van der Waals surface area (Å²) in [5, 5.41) is 14.0. The number of benzene rings is 2. The molecule has 2 heterocycles. The topological polar surface area (TPSA) is 118 Å². The minimum atomic E-state index is -0.616. The zero-order valence-electron chi connectivity index (χ0n) is 25.6. The van der Waals surface area contributed by atoms with Gasteiger partial charge in [0.25, 0.3) is 5.91 Å². The van der Waals surface area contributed by atoms with E-state index in [9.17, 15) is 9.18 Å². The number of carbonyl (C=O) groups excluding carboxylic acids is 1. The standard InChI is InChI=1S/C33H39FN8O2/c1-23-7-8-26(33(43)39-29-15-24(18-34)14-25(16-29)21-42-12-10-41(4)11-13-42)17-30(23)44-22-28(19-35)32(37-3)40-31(36-2)27-6-5-9-38-20-27/h5-9,14-17,19-20,22,35H,10-13,18,21H2,1-4H3,(H,39,43)(H,36,37,40)/b28-22+,35-19?. The molecule has 3 N–H and O–H groups in total. The molecule has 0 radical (unpaired) electrons. The van der Waals surface area contributed by atoms with E-state index >= 15 is 0 Å². The van der Waals surface area contributed by atoms with Crippen LogP contribution in [0.1, 0.15) is 32.6 Å². The molecule has 11 heteroatoms. The fourth-order valence-corrected chi connectivity index (χ4v) is 4.75. The van der Waals surface area contributed by atoms with Gasteiger partial charge in [0, 0.05) is 82.2 Å². The number of pyridine rings is 1. The molecule has 3 aromatic rings. The predicted molar refractivity (Wildman–Crippen MR) is 174 cm³/mol. The summed E-state index contributed by atoms with van der Waals surface area (Å²) >= 11 is 0. The van der Waals surface area contributed by atoms with E-state index in [1.54, 1.807) is 56.8 Å². The summed E-state index contributed by atoms with van der Waals surface area (Å²) in [6.07, 6.45) is 5.87. The monoisotopic (exact) mass is 598 g/mol. The van der Waals surface area contributed by atoms with Gasteiger partial charge in [0.1, 0.15) is 30.4 Å². The lowest BCUT2D eigenvalue weighted by Crippen LogP contribution is -2.43. The minimum Gasteiger partial charge on any atom is -0.464 e. The van der Waals surface area contributed by atoms with Gasteiger partial charge < -0.3 is 25.7 Å². The number of aryl methyl sites for hydroxylation is 1. The highest BCUT2D eigenvalue weighted by atomic mass is 19.1. The first-order valence-corrected chi connectivity index (χ1v) is 14.3. The fraction of sp³-hybridized carbons (Fsp3) is 0.303. The molecule has 0 unspecified atom stereocenters. The predicted octanol–water partition coefficient (Wildman–Crippen LogP) is 4.47. The Hall–Kier alpha value is -4.74. The molecule has 44 heavy (non-hydrogen) atoms. The maximum atomic E-state index is 13.7. The summed E-state index contributed by atoms with van der Waals surface area (Å²) in [4.78, 5) is 30.6. The molecule has 0 aliphatic carbocycles. The number of hydrogen-bond donors (Lipinski definition) is 3. The van der Waals surface area contributed by atoms with Gasteiger partial charge in [-0.25, -0.2) is 4.39 Å². The molecule has 1 aliphatic rings. The number of carbonyl (C=O) groups is 1. The quantitative estimate of drug-likeness (QED) is 0.180. The Kier molecular flexibility index (Phi) is 11.4. The van der Waals surface area contributed by atoms with Crippen molar-refractivity contribution in [1.29, 1.82) is 5.41 Å². The first-order valence-electron chi connectivity index (χ1n) is 14.3. The largest absolute Gasteiger partial charge is 0.464 e. The number of likely N-dealkylation sites (N-methyl/N-ethyl adjacent to an activating group) is 1. The van der Waals surface area contributed by atoms with E-state index < -0.39 is 6.67 Å². The SMILES string of the molecule is CN=C(NC(=NC)c1cccnc1)/C(C=N)=C/Oc1cc(C(=O)Nc2cc(CF)cc(CN3CCN(C)CC3)c2)ccc1C. The Bertz CT molecular complexity index is 1550. The summed E-state index contributed by atoms with van der Waals surface area (Å²) in [6, 6.07) is 14.2. The molecule has 10 nitrogen and oxygen atoms in total. The van der Waals surface area contributed by atoms with Gasteiger partial charge in [0.2, 0.25) is 0 Å². The lowest BCUT2D eigenvalue weighted by molar-refractivity contribution is 0.102. The fourth-order valence-electron chi connectivity index (χ4n) is 4.75. The molecule has 0 saturated carbocycles. The van der Waals surface area contributed by atoms with Crippen molar-refractivity contribution in [2.24, 2.45) is 9.98 Å². The molecule has 1 aliphatic heterocycles. The summed E-state index contributed by atoms with van der Waals surface area (Å²) in [5.74, 6) is 1.00. The van der Waals surface area contributed by atoms with E-state index in [0.717, 1.165) is 49.1 Å². The molecular formula is C33H39FN8O2. The van der Waals surface area contributed by atoms with Crippen LogP contribution in [0.25, 0.3) is 0 Å². The van der Waals surface area contributed by atoms with Gasteiger partial charge in [-0.05, 0) is 67.1 Å². The third-order valence-corrected chi connectivity index (χ3v) is 7.28. The van der Waals surface area contributed by atoms with Crippen LogP contribution in [0.5, 0.6) is 5.75 Å². The number of alkyl halides is 1. The zero-order chi connectivity index (χ0) is 31.5. The van der Waals surface area contributed by atoms with Gasteiger partial charge in [-0.1, -0.05) is 12.1 Å². The number of piperazine rings is 1. The maximum Gasteiger partial charge on any atom is 0.255 e. The molecule has 1 amide bonds. The molecular weight excluding hydrogens is 559 g/mol. The summed E-state index contributed by atoms with van der Waals surface area (Å²) in [6.45, 7) is 5.81. The van der Waals surface area contributed by atoms with Crippen molar-refractivity contribution >= 4 is 29.5 Å². The molecule has 230 valence electrons. The molecule has 0 bridgehead atoms. The summed E-state index contributed by atoms with van der Waals surface area (Å²) in [5.41, 5.74) is 4.32. The van der Waals surface area contributed by atoms with Crippen LogP contribution in [0.3, 0.4) is 0 Å². The van der Waals surface area contributed by atoms with E-state index in [4.69, 9.17) is 10.1 Å². The van der Waals surface area contributed by atoms with Crippen LogP contribution in [0, 0.1) is 12.3 Å². The number of aliphatic imine (C=N–C) groups is 2. The second kappa shape index (κ2) is 15.6. The van der Waals surface area contributed by atoms with Crippen molar-refractivity contribution in [3.63, 3.8) is 0 Å². The van der Waals surface area contributed by atoms with Crippen molar-refractivity contribution in [2.45, 2.75) is 20.1 Å². The number of ether oxygens (including phenoxy) is 1. The Balaban J connectivity index is 1.48. The van der Waals surface area contributed by atoms with Crippen molar-refractivity contribution in [2.75, 3.05) is 52.6 Å². The molecule has 1 aromatic heterocycles. The van der Waals surface area contributed by atoms with Gasteiger partial charge in [-0.3, -0.25) is 24.7 Å². The maximum absolute atomic E-state index is 13.7. The van der Waals surface area contributed by atoms with Crippen molar-refractivity contribution in [1.82, 2.24) is 20.1 Å². The first kappa shape index (κ1) is 32.2. The van der Waals surface area contributed by atoms with Gasteiger partial charge in [-0.2, -0.15) is 0 Å². The number of hydrogen-bond acceptors (Lipinski definition) is 8. The number of halogens is 1. The van der Waals surface area contributed by atoms with Crippen LogP contribution in [0.2, 0.25) is 0 Å². The van der Waals surface area contributed by atoms with Crippen molar-refractivity contribution in [3.05, 3.63) is 101 Å². The van der Waals surface area contributed by atoms with Gasteiger partial charge >= 0.3 is 0 Å². The average Bonchev–Trinajstić information content (AvgIpc) is 3.04. The summed E-state index contributed by atoms with van der Waals surface area (Å²) < 4.78 is 19.7. The van der Waals surface area contributed by atoms with Crippen LogP contribution in [-0.2, 0) is 13.2 Å². The minimum absolute atomic E-state index is 0.342. The lowest BCUT2D eigenvalue weighted by Gasteiger charge is -2.32. The second-order valence-corrected chi connectivity index (χ2v) is 10.5. The highest BCUT2D eigenvalue weighted by Gasteiger charge is 2.16. The number of amides is 1. The highest BCUT2D eigenvalue weighted by molar-refractivity contribution is 6.21. The van der Waals surface area contributed by atoms with Gasteiger partial charge in [0.05, 0.1) is 5.57 Å². The smallest absolute Gasteiger partial charge is 0.255 e. The van der Waals surface area contributed by atoms with E-state index in [0.29, 0.717) is 46.4 Å². The number of aromatic nitrogens is 1. The number of nitrogens with zero attached hydrogens (tertiary/aromatic N) is 5. The van der Waals surface area contributed by atoms with Crippen LogP contribution < -0.4 is 15.4 Å². The Labute approximate surface area is 257 Å². The number of amidine groups is 2. The Morgan fingerprint density at radius 1 is 1.07 bits per heavy atom. The third-order valence-electron chi connectivity index (χ3n) is 7.28. The van der Waals surface area contributed by atoms with E-state index in [-0.39, 0.29) is 5.91 Å². The second-order valence-electron chi connectivity index (χ2n) is 10.5. The highest BCUT2D eigenvalue weighted by Crippen LogP contribution is 2.23. The molecule has 1 fully saturated rings. The van der Waals surface area contributed by atoms with Crippen molar-refractivity contribution in [3.8, 4) is 5.75 Å². The average molecular weight is 599 g/mol. The van der Waals surface area contributed by atoms with Gasteiger partial charge in [-0.15, -0.1) is 0 Å². The van der Waals surface area contributed by atoms with Crippen LogP contribution >= 0.6 is 0 Å². The lowest BCUT2D eigenvalue weighted by atomic mass is 10.1. The number of rotatable bonds is 10. The van der Waals surface area contributed by atoms with E-state index in [1.807, 2.05) is 25.1 Å². The molecule has 4 rings (SSSR count). The number of anilines is 1. The third kappa shape index (κ3) is 8.65. The molecule has 1 saturated heterocycles. The Morgan fingerprint density at radius 3 is 2.50 bits per heavy atom. The first-order chi connectivity index (χ1) is 21.3. The molecule has 2 aromatic carbocycles. The Morgan fingerprint density at radius 2 is 1.84 bits per heavy atom.